The first-order chi connectivity index (χ1) is 10.2. The number of hydrogen-bond donors (Lipinski definition) is 2. The van der Waals surface area contributed by atoms with Crippen molar-refractivity contribution < 1.29 is 38.9 Å². The minimum Gasteiger partial charge on any atom is -0.744 e. The highest BCUT2D eigenvalue weighted by molar-refractivity contribution is 7.87. The van der Waals surface area contributed by atoms with E-state index in [1.54, 1.807) is 0 Å². The summed E-state index contributed by atoms with van der Waals surface area (Å²) in [5, 5.41) is -0.782. The summed E-state index contributed by atoms with van der Waals surface area (Å²) in [6.07, 6.45) is 0. The predicted molar refractivity (Wildman–Crippen MR) is 74.1 cm³/mol. The van der Waals surface area contributed by atoms with Crippen molar-refractivity contribution in [3.63, 3.8) is 0 Å². The molecule has 0 saturated heterocycles. The molecule has 2 aromatic rings. The van der Waals surface area contributed by atoms with Crippen LogP contribution in [0.25, 0.3) is 10.8 Å². The Balaban J connectivity index is 3.10. The van der Waals surface area contributed by atoms with Gasteiger partial charge in [0, 0.05) is 5.39 Å². The van der Waals surface area contributed by atoms with Gasteiger partial charge < -0.3 is 14.8 Å². The Labute approximate surface area is 130 Å². The van der Waals surface area contributed by atoms with Gasteiger partial charge in [0.2, 0.25) is 0 Å². The van der Waals surface area contributed by atoms with Crippen LogP contribution in [0.5, 0.6) is 0 Å². The van der Waals surface area contributed by atoms with E-state index in [1.807, 2.05) is 0 Å². The summed E-state index contributed by atoms with van der Waals surface area (Å²) >= 11 is 0. The van der Waals surface area contributed by atoms with E-state index in [2.05, 4.69) is 0 Å². The van der Waals surface area contributed by atoms with Crippen molar-refractivity contribution in [2.75, 3.05) is 5.73 Å². The van der Waals surface area contributed by atoms with E-state index in [9.17, 15) is 34.4 Å². The summed E-state index contributed by atoms with van der Waals surface area (Å²) in [7, 11) is -15.1. The summed E-state index contributed by atoms with van der Waals surface area (Å²) in [6.45, 7) is 0. The predicted octanol–water partition coefficient (Wildman–Crippen LogP) is -0.523. The maximum atomic E-state index is 11.3. The number of benzene rings is 2. The molecule has 0 unspecified atom stereocenters. The molecule has 126 valence electrons. The molecular weight excluding hydrogens is 374 g/mol. The van der Waals surface area contributed by atoms with Crippen LogP contribution in [0.1, 0.15) is 0 Å². The summed E-state index contributed by atoms with van der Waals surface area (Å²) in [6, 6.07) is 2.45. The fraction of sp³-hybridized carbons (Fsp3) is 0. The van der Waals surface area contributed by atoms with E-state index in [0.717, 1.165) is 6.07 Å². The smallest absolute Gasteiger partial charge is 0.296 e. The van der Waals surface area contributed by atoms with Crippen molar-refractivity contribution in [3.8, 4) is 0 Å². The molecule has 23 heavy (non-hydrogen) atoms. The highest BCUT2D eigenvalue weighted by Gasteiger charge is 2.19. The van der Waals surface area contributed by atoms with E-state index in [0.29, 0.717) is 18.2 Å². The Hall–Kier alpha value is -1.77. The van der Waals surface area contributed by atoms with Gasteiger partial charge in [0.05, 0.1) is 15.5 Å². The van der Waals surface area contributed by atoms with Gasteiger partial charge in [-0.15, -0.1) is 0 Å². The summed E-state index contributed by atoms with van der Waals surface area (Å²) < 4.78 is 98.3. The number of nitrogens with two attached hydrogens (primary N) is 1. The van der Waals surface area contributed by atoms with Crippen molar-refractivity contribution >= 4 is 46.8 Å². The second-order valence-corrected chi connectivity index (χ2v) is 8.53. The third-order valence-electron chi connectivity index (χ3n) is 2.85. The SMILES string of the molecule is Nc1cc2c(S(=O)(=O)[O-])cc(S(=O)(=O)[O-])cc2cc1S(=O)(=O)O. The van der Waals surface area contributed by atoms with Crippen LogP contribution in [0, 0.1) is 0 Å². The fourth-order valence-electron chi connectivity index (χ4n) is 1.92. The Morgan fingerprint density at radius 2 is 1.39 bits per heavy atom. The largest absolute Gasteiger partial charge is 0.744 e. The lowest BCUT2D eigenvalue weighted by molar-refractivity contribution is 0.461. The molecular formula is C10H7NO9S3-2. The molecule has 0 atom stereocenters. The molecule has 0 fully saturated rings. The monoisotopic (exact) mass is 381 g/mol. The molecule has 2 aromatic carbocycles. The van der Waals surface area contributed by atoms with Crippen molar-refractivity contribution in [1.82, 2.24) is 0 Å². The maximum Gasteiger partial charge on any atom is 0.296 e. The van der Waals surface area contributed by atoms with Gasteiger partial charge in [-0.1, -0.05) is 0 Å². The first-order valence-electron chi connectivity index (χ1n) is 5.48. The number of rotatable bonds is 3. The molecule has 0 amide bonds. The average Bonchev–Trinajstić information content (AvgIpc) is 2.32. The number of anilines is 1. The Morgan fingerprint density at radius 1 is 0.826 bits per heavy atom. The molecule has 0 saturated carbocycles. The Kier molecular flexibility index (Phi) is 3.91. The van der Waals surface area contributed by atoms with Gasteiger partial charge in [0.15, 0.2) is 0 Å². The third kappa shape index (κ3) is 3.44. The lowest BCUT2D eigenvalue weighted by atomic mass is 10.1. The molecule has 0 heterocycles. The second kappa shape index (κ2) is 5.12. The minimum absolute atomic E-state index is 0.361. The standard InChI is InChI=1S/C10H9NO9S3/c11-8-4-7-5(2-10(8)23(18,19)20)1-6(21(12,13)14)3-9(7)22(15,16)17/h1-4H,11H2,(H,12,13,14)(H,15,16,17)(H,18,19,20)/p-2. The minimum atomic E-state index is -5.20. The normalized spacial score (nSPS) is 13.3. The molecule has 2 rings (SSSR count). The average molecular weight is 381 g/mol. The van der Waals surface area contributed by atoms with Crippen molar-refractivity contribution in [1.29, 1.82) is 0 Å². The van der Waals surface area contributed by atoms with Gasteiger partial charge in [-0.2, -0.15) is 8.42 Å². The van der Waals surface area contributed by atoms with Crippen LogP contribution in [-0.4, -0.2) is 38.9 Å². The van der Waals surface area contributed by atoms with Crippen LogP contribution in [0.3, 0.4) is 0 Å². The quantitative estimate of drug-likeness (QED) is 0.515. The van der Waals surface area contributed by atoms with Crippen molar-refractivity contribution in [2.45, 2.75) is 14.7 Å². The first-order valence-corrected chi connectivity index (χ1v) is 9.73. The Bertz CT molecular complexity index is 1130. The van der Waals surface area contributed by atoms with E-state index >= 15 is 0 Å². The highest BCUT2D eigenvalue weighted by atomic mass is 32.2. The highest BCUT2D eigenvalue weighted by Crippen LogP contribution is 2.32. The van der Waals surface area contributed by atoms with E-state index in [1.165, 1.54) is 0 Å². The molecule has 0 spiro atoms. The van der Waals surface area contributed by atoms with Crippen LogP contribution < -0.4 is 5.73 Å². The van der Waals surface area contributed by atoms with E-state index in [-0.39, 0.29) is 0 Å². The van der Waals surface area contributed by atoms with Crippen LogP contribution in [-0.2, 0) is 30.4 Å². The van der Waals surface area contributed by atoms with Gasteiger partial charge >= 0.3 is 0 Å². The van der Waals surface area contributed by atoms with Crippen LogP contribution in [0.4, 0.5) is 5.69 Å². The number of hydrogen-bond acceptors (Lipinski definition) is 9. The molecule has 0 radical (unpaired) electrons. The van der Waals surface area contributed by atoms with Gasteiger partial charge in [-0.25, -0.2) is 16.8 Å². The summed E-state index contributed by atoms with van der Waals surface area (Å²) in [5.41, 5.74) is 4.83. The van der Waals surface area contributed by atoms with Gasteiger partial charge in [0.25, 0.3) is 10.1 Å². The molecule has 0 aliphatic heterocycles. The van der Waals surface area contributed by atoms with Crippen molar-refractivity contribution in [3.05, 3.63) is 24.3 Å². The lowest BCUT2D eigenvalue weighted by Crippen LogP contribution is -2.07. The number of fused-ring (bicyclic) bond motifs is 1. The van der Waals surface area contributed by atoms with Gasteiger partial charge in [-0.05, 0) is 29.7 Å². The van der Waals surface area contributed by atoms with Crippen LogP contribution in [0.2, 0.25) is 0 Å². The Morgan fingerprint density at radius 3 is 1.83 bits per heavy atom. The van der Waals surface area contributed by atoms with Crippen LogP contribution in [0.15, 0.2) is 39.0 Å². The molecule has 10 nitrogen and oxygen atoms in total. The molecule has 0 aromatic heterocycles. The second-order valence-electron chi connectivity index (χ2n) is 4.42. The van der Waals surface area contributed by atoms with E-state index < -0.39 is 61.5 Å². The van der Waals surface area contributed by atoms with Gasteiger partial charge in [0.1, 0.15) is 25.1 Å². The molecule has 3 N–H and O–H groups in total. The summed E-state index contributed by atoms with van der Waals surface area (Å²) in [5.74, 6) is 0. The number of nitrogen functional groups attached to an aromatic ring is 1. The van der Waals surface area contributed by atoms with Gasteiger partial charge in [-0.3, -0.25) is 4.55 Å². The first kappa shape index (κ1) is 17.6. The molecule has 0 aliphatic rings. The lowest BCUT2D eigenvalue weighted by Gasteiger charge is -2.16. The molecule has 0 bridgehead atoms. The molecule has 0 aliphatic carbocycles. The topological polar surface area (TPSA) is 195 Å². The zero-order chi connectivity index (χ0) is 17.8. The van der Waals surface area contributed by atoms with E-state index in [4.69, 9.17) is 10.3 Å². The van der Waals surface area contributed by atoms with Crippen molar-refractivity contribution in [2.24, 2.45) is 0 Å². The zero-order valence-electron chi connectivity index (χ0n) is 10.8. The van der Waals surface area contributed by atoms with Crippen LogP contribution >= 0.6 is 0 Å². The molecule has 13 heteroatoms. The fourth-order valence-corrected chi connectivity index (χ4v) is 3.88. The zero-order valence-corrected chi connectivity index (χ0v) is 13.3. The maximum absolute atomic E-state index is 11.3. The summed E-state index contributed by atoms with van der Waals surface area (Å²) in [4.78, 5) is -2.94. The third-order valence-corrected chi connectivity index (χ3v) is 5.45.